The summed E-state index contributed by atoms with van der Waals surface area (Å²) >= 11 is 0. The van der Waals surface area contributed by atoms with E-state index >= 15 is 0 Å². The summed E-state index contributed by atoms with van der Waals surface area (Å²) in [6.07, 6.45) is 8.86. The lowest BCUT2D eigenvalue weighted by Gasteiger charge is -2.30. The topological polar surface area (TPSA) is 32.3 Å². The first-order chi connectivity index (χ1) is 7.83. The van der Waals surface area contributed by atoms with Crippen LogP contribution in [-0.2, 0) is 4.79 Å². The number of nitrogens with one attached hydrogen (secondary N) is 1. The van der Waals surface area contributed by atoms with Crippen molar-refractivity contribution in [3.8, 4) is 0 Å². The molecule has 0 unspecified atom stereocenters. The van der Waals surface area contributed by atoms with E-state index in [-0.39, 0.29) is 6.04 Å². The predicted octanol–water partition coefficient (Wildman–Crippen LogP) is 1.70. The number of amides is 1. The van der Waals surface area contributed by atoms with Crippen LogP contribution in [0.25, 0.3) is 0 Å². The maximum absolute atomic E-state index is 12.3. The molecule has 1 aliphatic heterocycles. The third-order valence-electron chi connectivity index (χ3n) is 3.73. The van der Waals surface area contributed by atoms with E-state index in [1.165, 1.54) is 25.7 Å². The molecule has 1 saturated carbocycles. The van der Waals surface area contributed by atoms with E-state index in [1.807, 2.05) is 11.0 Å². The van der Waals surface area contributed by atoms with Gasteiger partial charge in [0.2, 0.25) is 5.91 Å². The van der Waals surface area contributed by atoms with Crippen LogP contribution in [0.15, 0.2) is 12.7 Å². The molecule has 1 amide bonds. The van der Waals surface area contributed by atoms with Crippen molar-refractivity contribution in [2.24, 2.45) is 0 Å². The zero-order valence-electron chi connectivity index (χ0n) is 9.95. The standard InChI is InChI=1S/C13H22N2O/c1-2-10-15(11-6-3-4-7-11)13(16)12-8-5-9-14-12/h2,11-12,14H,1,3-10H2/t12-/m0/s1. The van der Waals surface area contributed by atoms with Crippen molar-refractivity contribution >= 4 is 5.91 Å². The van der Waals surface area contributed by atoms with Gasteiger partial charge in [-0.3, -0.25) is 4.79 Å². The van der Waals surface area contributed by atoms with Gasteiger partial charge in [0.15, 0.2) is 0 Å². The lowest BCUT2D eigenvalue weighted by molar-refractivity contribution is -0.134. The highest BCUT2D eigenvalue weighted by molar-refractivity contribution is 5.82. The van der Waals surface area contributed by atoms with E-state index in [0.29, 0.717) is 18.5 Å². The Morgan fingerprint density at radius 1 is 1.31 bits per heavy atom. The molecule has 3 heteroatoms. The summed E-state index contributed by atoms with van der Waals surface area (Å²) in [6.45, 7) is 5.47. The van der Waals surface area contributed by atoms with Gasteiger partial charge in [0, 0.05) is 12.6 Å². The van der Waals surface area contributed by atoms with Gasteiger partial charge in [0.05, 0.1) is 6.04 Å². The van der Waals surface area contributed by atoms with E-state index in [9.17, 15) is 4.79 Å². The largest absolute Gasteiger partial charge is 0.335 e. The first-order valence-corrected chi connectivity index (χ1v) is 6.47. The van der Waals surface area contributed by atoms with Crippen LogP contribution < -0.4 is 5.32 Å². The molecule has 2 aliphatic rings. The molecule has 0 bridgehead atoms. The van der Waals surface area contributed by atoms with Crippen LogP contribution >= 0.6 is 0 Å². The monoisotopic (exact) mass is 222 g/mol. The molecule has 1 saturated heterocycles. The van der Waals surface area contributed by atoms with E-state index in [2.05, 4.69) is 11.9 Å². The molecule has 1 heterocycles. The summed E-state index contributed by atoms with van der Waals surface area (Å²) in [5.41, 5.74) is 0. The minimum absolute atomic E-state index is 0.0700. The van der Waals surface area contributed by atoms with Gasteiger partial charge in [-0.1, -0.05) is 18.9 Å². The van der Waals surface area contributed by atoms with Crippen molar-refractivity contribution < 1.29 is 4.79 Å². The smallest absolute Gasteiger partial charge is 0.240 e. The van der Waals surface area contributed by atoms with Crippen LogP contribution in [0, 0.1) is 0 Å². The summed E-state index contributed by atoms with van der Waals surface area (Å²) in [4.78, 5) is 14.4. The van der Waals surface area contributed by atoms with Crippen molar-refractivity contribution in [3.05, 3.63) is 12.7 Å². The van der Waals surface area contributed by atoms with Gasteiger partial charge in [0.25, 0.3) is 0 Å². The van der Waals surface area contributed by atoms with Crippen LogP contribution in [0.5, 0.6) is 0 Å². The average molecular weight is 222 g/mol. The molecule has 1 N–H and O–H groups in total. The van der Waals surface area contributed by atoms with E-state index < -0.39 is 0 Å². The van der Waals surface area contributed by atoms with Gasteiger partial charge in [-0.2, -0.15) is 0 Å². The van der Waals surface area contributed by atoms with Gasteiger partial charge in [-0.25, -0.2) is 0 Å². The van der Waals surface area contributed by atoms with Crippen LogP contribution in [0.1, 0.15) is 38.5 Å². The highest BCUT2D eigenvalue weighted by atomic mass is 16.2. The number of nitrogens with zero attached hydrogens (tertiary/aromatic N) is 1. The van der Waals surface area contributed by atoms with Crippen molar-refractivity contribution in [3.63, 3.8) is 0 Å². The number of hydrogen-bond acceptors (Lipinski definition) is 2. The second-order valence-electron chi connectivity index (χ2n) is 4.87. The molecule has 16 heavy (non-hydrogen) atoms. The first kappa shape index (κ1) is 11.6. The fourth-order valence-electron chi connectivity index (χ4n) is 2.87. The number of hydrogen-bond donors (Lipinski definition) is 1. The normalized spacial score (nSPS) is 25.9. The SMILES string of the molecule is C=CCN(C(=O)[C@@H]1CCCN1)C1CCCC1. The van der Waals surface area contributed by atoms with Gasteiger partial charge in [-0.05, 0) is 32.2 Å². The van der Waals surface area contributed by atoms with E-state index in [0.717, 1.165) is 19.4 Å². The number of carbonyl (C=O) groups excluding carboxylic acids is 1. The molecule has 0 radical (unpaired) electrons. The van der Waals surface area contributed by atoms with Gasteiger partial charge >= 0.3 is 0 Å². The highest BCUT2D eigenvalue weighted by Gasteiger charge is 2.31. The minimum Gasteiger partial charge on any atom is -0.335 e. The van der Waals surface area contributed by atoms with Crippen LogP contribution in [0.3, 0.4) is 0 Å². The van der Waals surface area contributed by atoms with E-state index in [4.69, 9.17) is 0 Å². The summed E-state index contributed by atoms with van der Waals surface area (Å²) in [6, 6.07) is 0.536. The third-order valence-corrected chi connectivity index (χ3v) is 3.73. The fraction of sp³-hybridized carbons (Fsp3) is 0.769. The molecule has 2 fully saturated rings. The van der Waals surface area contributed by atoms with Gasteiger partial charge < -0.3 is 10.2 Å². The second-order valence-corrected chi connectivity index (χ2v) is 4.87. The highest BCUT2D eigenvalue weighted by Crippen LogP contribution is 2.24. The zero-order chi connectivity index (χ0) is 11.4. The minimum atomic E-state index is 0.0700. The number of rotatable bonds is 4. The van der Waals surface area contributed by atoms with Crippen molar-refractivity contribution in [1.82, 2.24) is 10.2 Å². The van der Waals surface area contributed by atoms with Crippen LogP contribution in [-0.4, -0.2) is 36.0 Å². The van der Waals surface area contributed by atoms with Crippen LogP contribution in [0.4, 0.5) is 0 Å². The van der Waals surface area contributed by atoms with Gasteiger partial charge in [-0.15, -0.1) is 6.58 Å². The molecule has 0 aromatic carbocycles. The molecule has 1 atom stereocenters. The fourth-order valence-corrected chi connectivity index (χ4v) is 2.87. The molecular formula is C13H22N2O. The Morgan fingerprint density at radius 3 is 2.62 bits per heavy atom. The maximum atomic E-state index is 12.3. The lowest BCUT2D eigenvalue weighted by atomic mass is 10.1. The van der Waals surface area contributed by atoms with Crippen molar-refractivity contribution in [1.29, 1.82) is 0 Å². The Labute approximate surface area is 97.9 Å². The Bertz CT molecular complexity index is 253. The van der Waals surface area contributed by atoms with Crippen molar-refractivity contribution in [2.75, 3.05) is 13.1 Å². The molecule has 0 aromatic heterocycles. The van der Waals surface area contributed by atoms with E-state index in [1.54, 1.807) is 0 Å². The zero-order valence-corrected chi connectivity index (χ0v) is 9.95. The predicted molar refractivity (Wildman–Crippen MR) is 65.2 cm³/mol. The second kappa shape index (κ2) is 5.48. The first-order valence-electron chi connectivity index (χ1n) is 6.47. The summed E-state index contributed by atoms with van der Waals surface area (Å²) < 4.78 is 0. The molecule has 0 spiro atoms. The average Bonchev–Trinajstić information content (AvgIpc) is 2.96. The molecule has 2 rings (SSSR count). The molecular weight excluding hydrogens is 200 g/mol. The third kappa shape index (κ3) is 2.46. The number of carbonyl (C=O) groups is 1. The molecule has 1 aliphatic carbocycles. The molecule has 3 nitrogen and oxygen atoms in total. The lowest BCUT2D eigenvalue weighted by Crippen LogP contribution is -2.47. The van der Waals surface area contributed by atoms with Crippen molar-refractivity contribution in [2.45, 2.75) is 50.6 Å². The molecule has 90 valence electrons. The molecule has 0 aromatic rings. The Hall–Kier alpha value is -0.830. The van der Waals surface area contributed by atoms with Gasteiger partial charge in [0.1, 0.15) is 0 Å². The summed E-state index contributed by atoms with van der Waals surface area (Å²) in [5.74, 6) is 0.296. The maximum Gasteiger partial charge on any atom is 0.240 e. The van der Waals surface area contributed by atoms with Crippen LogP contribution in [0.2, 0.25) is 0 Å². The summed E-state index contributed by atoms with van der Waals surface area (Å²) in [5, 5.41) is 3.29. The Morgan fingerprint density at radius 2 is 2.06 bits per heavy atom. The summed E-state index contributed by atoms with van der Waals surface area (Å²) in [7, 11) is 0. The Kier molecular flexibility index (Phi) is 3.99. The quantitative estimate of drug-likeness (QED) is 0.734. The Balaban J connectivity index is 1.99.